The molecule has 1 N–H and O–H groups in total. The van der Waals surface area contributed by atoms with Crippen LogP contribution in [0.3, 0.4) is 0 Å². The Morgan fingerprint density at radius 1 is 1.00 bits per heavy atom. The number of hydrogen-bond donors (Lipinski definition) is 1. The third kappa shape index (κ3) is 2.41. The summed E-state index contributed by atoms with van der Waals surface area (Å²) in [7, 11) is 0. The van der Waals surface area contributed by atoms with Crippen LogP contribution in [0.15, 0.2) is 60.8 Å². The van der Waals surface area contributed by atoms with Crippen molar-refractivity contribution in [2.24, 2.45) is 0 Å². The molecular weight excluding hydrogens is 238 g/mol. The van der Waals surface area contributed by atoms with Crippen molar-refractivity contribution in [2.45, 2.75) is 6.61 Å². The number of benzene rings is 2. The molecule has 3 nitrogen and oxygen atoms in total. The molecule has 1 heterocycles. The van der Waals surface area contributed by atoms with Crippen LogP contribution in [0.4, 0.5) is 0 Å². The van der Waals surface area contributed by atoms with Gasteiger partial charge in [0.1, 0.15) is 11.5 Å². The molecule has 19 heavy (non-hydrogen) atoms. The van der Waals surface area contributed by atoms with Crippen molar-refractivity contribution < 1.29 is 9.84 Å². The number of ether oxygens (including phenoxy) is 1. The van der Waals surface area contributed by atoms with Gasteiger partial charge in [-0.2, -0.15) is 0 Å². The Hall–Kier alpha value is -2.39. The second-order valence-electron chi connectivity index (χ2n) is 4.23. The first-order chi connectivity index (χ1) is 9.36. The molecule has 0 unspecified atom stereocenters. The third-order valence-electron chi connectivity index (χ3n) is 2.94. The van der Waals surface area contributed by atoms with Crippen molar-refractivity contribution in [1.29, 1.82) is 0 Å². The number of rotatable bonds is 3. The molecule has 94 valence electrons. The highest BCUT2D eigenvalue weighted by Crippen LogP contribution is 2.26. The molecule has 0 saturated heterocycles. The van der Waals surface area contributed by atoms with E-state index >= 15 is 0 Å². The third-order valence-corrected chi connectivity index (χ3v) is 2.94. The highest BCUT2D eigenvalue weighted by Gasteiger charge is 2.04. The monoisotopic (exact) mass is 251 g/mol. The quantitative estimate of drug-likeness (QED) is 0.774. The van der Waals surface area contributed by atoms with Crippen LogP contribution in [0.1, 0.15) is 5.56 Å². The molecule has 0 aliphatic heterocycles. The number of nitrogens with zero attached hydrogens (tertiary/aromatic N) is 1. The Kier molecular flexibility index (Phi) is 3.12. The number of fused-ring (bicyclic) bond motifs is 1. The molecule has 3 rings (SSSR count). The predicted octanol–water partition coefficient (Wildman–Crippen LogP) is 3.52. The minimum atomic E-state index is -0.0445. The molecule has 0 bridgehead atoms. The summed E-state index contributed by atoms with van der Waals surface area (Å²) in [6.45, 7) is -0.0445. The number of aromatic nitrogens is 1. The van der Waals surface area contributed by atoms with Crippen LogP contribution in [-0.4, -0.2) is 10.1 Å². The zero-order valence-electron chi connectivity index (χ0n) is 10.3. The summed E-state index contributed by atoms with van der Waals surface area (Å²) in [5.41, 5.74) is 1.70. The van der Waals surface area contributed by atoms with E-state index < -0.39 is 0 Å². The van der Waals surface area contributed by atoms with Crippen molar-refractivity contribution >= 4 is 10.9 Å². The Labute approximate surface area is 111 Å². The molecule has 0 aliphatic rings. The number of pyridine rings is 1. The largest absolute Gasteiger partial charge is 0.455 e. The number of aliphatic hydroxyl groups is 1. The highest BCUT2D eigenvalue weighted by atomic mass is 16.5. The topological polar surface area (TPSA) is 42.4 Å². The van der Waals surface area contributed by atoms with Crippen molar-refractivity contribution in [3.8, 4) is 11.5 Å². The number of hydrogen-bond acceptors (Lipinski definition) is 3. The fraction of sp³-hybridized carbons (Fsp3) is 0.0625. The van der Waals surface area contributed by atoms with Crippen LogP contribution in [-0.2, 0) is 6.61 Å². The van der Waals surface area contributed by atoms with Gasteiger partial charge in [-0.15, -0.1) is 0 Å². The number of para-hydroxylation sites is 2. The first-order valence-electron chi connectivity index (χ1n) is 6.08. The van der Waals surface area contributed by atoms with Crippen LogP contribution in [0, 0.1) is 0 Å². The fourth-order valence-electron chi connectivity index (χ4n) is 1.97. The Morgan fingerprint density at radius 2 is 1.79 bits per heavy atom. The van der Waals surface area contributed by atoms with Gasteiger partial charge in [0.25, 0.3) is 0 Å². The molecule has 0 atom stereocenters. The zero-order chi connectivity index (χ0) is 13.1. The molecule has 0 amide bonds. The van der Waals surface area contributed by atoms with Gasteiger partial charge in [0.15, 0.2) is 0 Å². The van der Waals surface area contributed by atoms with E-state index in [0.717, 1.165) is 16.5 Å². The van der Waals surface area contributed by atoms with Crippen LogP contribution in [0.25, 0.3) is 10.9 Å². The van der Waals surface area contributed by atoms with E-state index in [9.17, 15) is 5.11 Å². The molecule has 2 aromatic carbocycles. The van der Waals surface area contributed by atoms with E-state index in [0.29, 0.717) is 11.5 Å². The molecule has 0 fully saturated rings. The van der Waals surface area contributed by atoms with E-state index in [-0.39, 0.29) is 6.61 Å². The molecule has 3 aromatic rings. The zero-order valence-corrected chi connectivity index (χ0v) is 10.3. The summed E-state index contributed by atoms with van der Waals surface area (Å²) in [4.78, 5) is 4.35. The van der Waals surface area contributed by atoms with Gasteiger partial charge in [0, 0.05) is 10.9 Å². The molecule has 0 saturated carbocycles. The van der Waals surface area contributed by atoms with E-state index in [1.54, 1.807) is 6.20 Å². The van der Waals surface area contributed by atoms with E-state index in [1.165, 1.54) is 0 Å². The molecule has 0 aliphatic carbocycles. The smallest absolute Gasteiger partial charge is 0.146 e. The standard InChI is InChI=1S/C16H13NO2/c18-11-13-6-2-4-8-16(13)19-14-9-12-5-1-3-7-15(12)17-10-14/h1-10,18H,11H2. The van der Waals surface area contributed by atoms with Gasteiger partial charge in [-0.25, -0.2) is 0 Å². The van der Waals surface area contributed by atoms with Gasteiger partial charge in [-0.05, 0) is 18.2 Å². The molecule has 3 heteroatoms. The molecular formula is C16H13NO2. The Balaban J connectivity index is 1.96. The lowest BCUT2D eigenvalue weighted by Gasteiger charge is -2.09. The maximum absolute atomic E-state index is 9.27. The van der Waals surface area contributed by atoms with E-state index in [4.69, 9.17) is 4.74 Å². The second-order valence-corrected chi connectivity index (χ2v) is 4.23. The average molecular weight is 251 g/mol. The Morgan fingerprint density at radius 3 is 2.68 bits per heavy atom. The summed E-state index contributed by atoms with van der Waals surface area (Å²) in [5, 5.41) is 10.3. The lowest BCUT2D eigenvalue weighted by Crippen LogP contribution is -1.92. The summed E-state index contributed by atoms with van der Waals surface area (Å²) in [6, 6.07) is 17.2. The van der Waals surface area contributed by atoms with Gasteiger partial charge in [-0.3, -0.25) is 4.98 Å². The van der Waals surface area contributed by atoms with Crippen LogP contribution in [0.5, 0.6) is 11.5 Å². The van der Waals surface area contributed by atoms with Crippen molar-refractivity contribution in [3.63, 3.8) is 0 Å². The van der Waals surface area contributed by atoms with Gasteiger partial charge in [0.05, 0.1) is 18.3 Å². The first kappa shape index (κ1) is 11.7. The van der Waals surface area contributed by atoms with Gasteiger partial charge < -0.3 is 9.84 Å². The minimum Gasteiger partial charge on any atom is -0.455 e. The summed E-state index contributed by atoms with van der Waals surface area (Å²) in [6.07, 6.45) is 1.69. The van der Waals surface area contributed by atoms with E-state index in [2.05, 4.69) is 4.98 Å². The SMILES string of the molecule is OCc1ccccc1Oc1cnc2ccccc2c1. The van der Waals surface area contributed by atoms with Crippen molar-refractivity contribution in [3.05, 3.63) is 66.4 Å². The normalized spacial score (nSPS) is 10.6. The maximum Gasteiger partial charge on any atom is 0.146 e. The van der Waals surface area contributed by atoms with Crippen LogP contribution < -0.4 is 4.74 Å². The maximum atomic E-state index is 9.27. The van der Waals surface area contributed by atoms with Gasteiger partial charge >= 0.3 is 0 Å². The average Bonchev–Trinajstić information content (AvgIpc) is 2.48. The van der Waals surface area contributed by atoms with Gasteiger partial charge in [-0.1, -0.05) is 36.4 Å². The molecule has 1 aromatic heterocycles. The number of aliphatic hydroxyl groups excluding tert-OH is 1. The lowest BCUT2D eigenvalue weighted by atomic mass is 10.2. The summed E-state index contributed by atoms with van der Waals surface area (Å²) in [5.74, 6) is 1.32. The lowest BCUT2D eigenvalue weighted by molar-refractivity contribution is 0.276. The molecule has 0 radical (unpaired) electrons. The van der Waals surface area contributed by atoms with Gasteiger partial charge in [0.2, 0.25) is 0 Å². The molecule has 0 spiro atoms. The van der Waals surface area contributed by atoms with Crippen molar-refractivity contribution in [1.82, 2.24) is 4.98 Å². The fourth-order valence-corrected chi connectivity index (χ4v) is 1.97. The minimum absolute atomic E-state index is 0.0445. The summed E-state index contributed by atoms with van der Waals surface area (Å²) < 4.78 is 5.79. The summed E-state index contributed by atoms with van der Waals surface area (Å²) >= 11 is 0. The second kappa shape index (κ2) is 5.08. The van der Waals surface area contributed by atoms with Crippen LogP contribution >= 0.6 is 0 Å². The Bertz CT molecular complexity index is 710. The highest BCUT2D eigenvalue weighted by molar-refractivity contribution is 5.79. The van der Waals surface area contributed by atoms with Crippen LogP contribution in [0.2, 0.25) is 0 Å². The first-order valence-corrected chi connectivity index (χ1v) is 6.08. The van der Waals surface area contributed by atoms with E-state index in [1.807, 2.05) is 54.6 Å². The predicted molar refractivity (Wildman–Crippen MR) is 74.2 cm³/mol. The van der Waals surface area contributed by atoms with Crippen molar-refractivity contribution in [2.75, 3.05) is 0 Å².